The van der Waals surface area contributed by atoms with Crippen LogP contribution in [0.15, 0.2) is 54.6 Å². The maximum Gasteiger partial charge on any atom is 0.338 e. The zero-order chi connectivity index (χ0) is 24.5. The highest BCUT2D eigenvalue weighted by molar-refractivity contribution is 6.26. The Kier molecular flexibility index (Phi) is 5.87. The lowest BCUT2D eigenvalue weighted by molar-refractivity contribution is -0.384. The van der Waals surface area contributed by atoms with Crippen molar-refractivity contribution in [2.24, 2.45) is 0 Å². The van der Waals surface area contributed by atoms with Crippen molar-refractivity contribution in [3.05, 3.63) is 81.4 Å². The monoisotopic (exact) mass is 475 g/mol. The van der Waals surface area contributed by atoms with E-state index in [0.717, 1.165) is 35.1 Å². The van der Waals surface area contributed by atoms with Crippen LogP contribution in [0.2, 0.25) is 0 Å². The number of morpholine rings is 1. The number of rotatable bonds is 6. The first kappa shape index (κ1) is 22.5. The highest BCUT2D eigenvalue weighted by Crippen LogP contribution is 2.36. The number of benzene rings is 3. The number of hydrogen-bond acceptors (Lipinski definition) is 8. The number of nitro groups is 1. The topological polar surface area (TPSA) is 119 Å². The summed E-state index contributed by atoms with van der Waals surface area (Å²) in [6.45, 7) is 2.30. The van der Waals surface area contributed by atoms with Crippen LogP contribution in [-0.2, 0) is 9.47 Å². The molecule has 35 heavy (non-hydrogen) atoms. The van der Waals surface area contributed by atoms with E-state index in [1.54, 1.807) is 18.2 Å². The van der Waals surface area contributed by atoms with Crippen LogP contribution in [0.5, 0.6) is 0 Å². The molecule has 178 valence electrons. The van der Waals surface area contributed by atoms with Gasteiger partial charge in [-0.15, -0.1) is 0 Å². The van der Waals surface area contributed by atoms with Crippen LogP contribution in [0.1, 0.15) is 31.1 Å². The van der Waals surface area contributed by atoms with Crippen molar-refractivity contribution in [1.82, 2.24) is 4.90 Å². The summed E-state index contributed by atoms with van der Waals surface area (Å²) in [5, 5.41) is 12.4. The Morgan fingerprint density at radius 1 is 1.00 bits per heavy atom. The Hall–Kier alpha value is -4.31. The van der Waals surface area contributed by atoms with E-state index >= 15 is 0 Å². The van der Waals surface area contributed by atoms with Crippen molar-refractivity contribution in [3.63, 3.8) is 0 Å². The van der Waals surface area contributed by atoms with Crippen molar-refractivity contribution in [3.8, 4) is 0 Å². The quantitative estimate of drug-likeness (QED) is 0.231. The van der Waals surface area contributed by atoms with Gasteiger partial charge in [-0.25, -0.2) is 4.79 Å². The third-order valence-corrected chi connectivity index (χ3v) is 6.16. The Morgan fingerprint density at radius 3 is 2.46 bits per heavy atom. The van der Waals surface area contributed by atoms with Crippen LogP contribution in [-0.4, -0.2) is 67.1 Å². The number of ether oxygens (including phenoxy) is 2. The minimum atomic E-state index is -0.775. The molecule has 2 aliphatic heterocycles. The van der Waals surface area contributed by atoms with E-state index in [9.17, 15) is 24.5 Å². The summed E-state index contributed by atoms with van der Waals surface area (Å²) in [6, 6.07) is 14.2. The third kappa shape index (κ3) is 4.08. The fourth-order valence-electron chi connectivity index (χ4n) is 4.47. The number of carbonyl (C=O) groups excluding carboxylic acids is 3. The Balaban J connectivity index is 1.35. The molecule has 10 heteroatoms. The first-order valence-corrected chi connectivity index (χ1v) is 11.1. The molecular weight excluding hydrogens is 454 g/mol. The number of imide groups is 1. The molecule has 0 N–H and O–H groups in total. The summed E-state index contributed by atoms with van der Waals surface area (Å²) in [6.07, 6.45) is 0. The maximum absolute atomic E-state index is 13.2. The largest absolute Gasteiger partial charge is 0.460 e. The van der Waals surface area contributed by atoms with Gasteiger partial charge in [0.1, 0.15) is 6.61 Å². The summed E-state index contributed by atoms with van der Waals surface area (Å²) < 4.78 is 10.6. The summed E-state index contributed by atoms with van der Waals surface area (Å²) in [5.74, 6) is -1.69. The second kappa shape index (κ2) is 9.15. The second-order valence-corrected chi connectivity index (χ2v) is 8.17. The van der Waals surface area contributed by atoms with E-state index in [0.29, 0.717) is 29.7 Å². The number of nitro benzene ring substituents is 1. The summed E-state index contributed by atoms with van der Waals surface area (Å²) in [4.78, 5) is 52.3. The molecule has 0 aliphatic carbocycles. The highest BCUT2D eigenvalue weighted by Gasteiger charge is 2.34. The Bertz CT molecular complexity index is 1340. The van der Waals surface area contributed by atoms with Crippen molar-refractivity contribution in [2.45, 2.75) is 0 Å². The molecule has 10 nitrogen and oxygen atoms in total. The fraction of sp³-hybridized carbons (Fsp3) is 0.240. The van der Waals surface area contributed by atoms with Crippen molar-refractivity contribution < 1.29 is 28.8 Å². The molecule has 0 radical (unpaired) electrons. The van der Waals surface area contributed by atoms with Gasteiger partial charge >= 0.3 is 5.97 Å². The van der Waals surface area contributed by atoms with E-state index in [1.807, 2.05) is 12.1 Å². The van der Waals surface area contributed by atoms with E-state index in [1.165, 1.54) is 18.2 Å². The predicted octanol–water partition coefficient (Wildman–Crippen LogP) is 3.04. The standard InChI is InChI=1S/C25H21N3O7/c29-23-19-6-2-5-18-21(26-9-12-34-13-10-26)8-7-20(22(18)19)24(30)27(23)11-14-35-25(31)16-3-1-4-17(15-16)28(32)33/h1-8,15H,9-14H2. The van der Waals surface area contributed by atoms with Crippen LogP contribution < -0.4 is 4.90 Å². The SMILES string of the molecule is O=C(OCCN1C(=O)c2cccc3c(N4CCOCC4)ccc(c23)C1=O)c1cccc([N+](=O)[O-])c1. The minimum absolute atomic E-state index is 0.0150. The van der Waals surface area contributed by atoms with Gasteiger partial charge in [0.25, 0.3) is 17.5 Å². The van der Waals surface area contributed by atoms with Crippen LogP contribution in [0.4, 0.5) is 11.4 Å². The van der Waals surface area contributed by atoms with Crippen LogP contribution in [0.3, 0.4) is 0 Å². The molecule has 2 heterocycles. The molecule has 2 aliphatic rings. The molecule has 2 amide bonds. The van der Waals surface area contributed by atoms with E-state index in [2.05, 4.69) is 4.90 Å². The fourth-order valence-corrected chi connectivity index (χ4v) is 4.47. The van der Waals surface area contributed by atoms with E-state index < -0.39 is 22.7 Å². The molecule has 1 saturated heterocycles. The molecule has 3 aromatic rings. The van der Waals surface area contributed by atoms with E-state index in [-0.39, 0.29) is 24.4 Å². The molecule has 0 bridgehead atoms. The van der Waals surface area contributed by atoms with E-state index in [4.69, 9.17) is 9.47 Å². The first-order chi connectivity index (χ1) is 17.0. The third-order valence-electron chi connectivity index (χ3n) is 6.16. The van der Waals surface area contributed by atoms with Gasteiger partial charge in [-0.3, -0.25) is 24.6 Å². The smallest absolute Gasteiger partial charge is 0.338 e. The average Bonchev–Trinajstić information content (AvgIpc) is 2.89. The number of nitrogens with zero attached hydrogens (tertiary/aromatic N) is 3. The molecule has 0 spiro atoms. The zero-order valence-corrected chi connectivity index (χ0v) is 18.6. The van der Waals surface area contributed by atoms with Gasteiger partial charge < -0.3 is 14.4 Å². The Morgan fingerprint density at radius 2 is 1.71 bits per heavy atom. The summed E-state index contributed by atoms with van der Waals surface area (Å²) in [7, 11) is 0. The zero-order valence-electron chi connectivity index (χ0n) is 18.6. The average molecular weight is 475 g/mol. The summed E-state index contributed by atoms with van der Waals surface area (Å²) in [5.41, 5.74) is 1.56. The van der Waals surface area contributed by atoms with Crippen molar-refractivity contribution >= 4 is 39.9 Å². The number of carbonyl (C=O) groups is 3. The minimum Gasteiger partial charge on any atom is -0.460 e. The molecule has 0 saturated carbocycles. The van der Waals surface area contributed by atoms with Crippen molar-refractivity contribution in [2.75, 3.05) is 44.4 Å². The molecule has 0 unspecified atom stereocenters. The highest BCUT2D eigenvalue weighted by atomic mass is 16.6. The molecule has 0 atom stereocenters. The number of hydrogen-bond donors (Lipinski definition) is 0. The normalized spacial score (nSPS) is 15.4. The lowest BCUT2D eigenvalue weighted by Gasteiger charge is -2.32. The van der Waals surface area contributed by atoms with Gasteiger partial charge in [-0.05, 0) is 24.3 Å². The molecule has 3 aromatic carbocycles. The van der Waals surface area contributed by atoms with Crippen LogP contribution in [0.25, 0.3) is 10.8 Å². The second-order valence-electron chi connectivity index (χ2n) is 8.17. The molecule has 0 aromatic heterocycles. The molecular formula is C25H21N3O7. The summed E-state index contributed by atoms with van der Waals surface area (Å²) >= 11 is 0. The number of anilines is 1. The first-order valence-electron chi connectivity index (χ1n) is 11.1. The predicted molar refractivity (Wildman–Crippen MR) is 126 cm³/mol. The number of esters is 1. The Labute approximate surface area is 199 Å². The molecule has 1 fully saturated rings. The lowest BCUT2D eigenvalue weighted by Crippen LogP contribution is -2.42. The van der Waals surface area contributed by atoms with Gasteiger partial charge in [-0.2, -0.15) is 0 Å². The lowest BCUT2D eigenvalue weighted by atomic mass is 9.92. The van der Waals surface area contributed by atoms with Gasteiger partial charge in [0.15, 0.2) is 0 Å². The van der Waals surface area contributed by atoms with Gasteiger partial charge in [0.2, 0.25) is 0 Å². The van der Waals surface area contributed by atoms with Gasteiger partial charge in [0.05, 0.1) is 30.2 Å². The van der Waals surface area contributed by atoms with Crippen molar-refractivity contribution in [1.29, 1.82) is 0 Å². The maximum atomic E-state index is 13.2. The van der Waals surface area contributed by atoms with Gasteiger partial charge in [0, 0.05) is 52.8 Å². The van der Waals surface area contributed by atoms with Crippen LogP contribution in [0, 0.1) is 10.1 Å². The number of amides is 2. The molecule has 5 rings (SSSR count). The number of non-ortho nitro benzene ring substituents is 1. The van der Waals surface area contributed by atoms with Gasteiger partial charge in [-0.1, -0.05) is 18.2 Å². The van der Waals surface area contributed by atoms with Crippen LogP contribution >= 0.6 is 0 Å².